The van der Waals surface area contributed by atoms with Crippen LogP contribution in [0.5, 0.6) is 0 Å². The van der Waals surface area contributed by atoms with E-state index in [0.29, 0.717) is 5.92 Å². The number of para-hydroxylation sites is 1. The smallest absolute Gasteiger partial charge is 0.0705 e. The van der Waals surface area contributed by atoms with Crippen molar-refractivity contribution < 1.29 is 0 Å². The van der Waals surface area contributed by atoms with Crippen LogP contribution in [0.25, 0.3) is 10.9 Å². The molecule has 0 bridgehead atoms. The zero-order valence-corrected chi connectivity index (χ0v) is 11.1. The van der Waals surface area contributed by atoms with Crippen molar-refractivity contribution in [3.8, 4) is 0 Å². The Kier molecular flexibility index (Phi) is 4.91. The highest BCUT2D eigenvalue weighted by atomic mass is 35.5. The summed E-state index contributed by atoms with van der Waals surface area (Å²) >= 11 is 0. The molecule has 1 heterocycles. The van der Waals surface area contributed by atoms with E-state index >= 15 is 0 Å². The summed E-state index contributed by atoms with van der Waals surface area (Å²) in [5.74, 6) is 0.613. The molecule has 17 heavy (non-hydrogen) atoms. The average Bonchev–Trinajstić information content (AvgIpc) is 2.27. The van der Waals surface area contributed by atoms with E-state index in [0.717, 1.165) is 11.9 Å². The lowest BCUT2D eigenvalue weighted by atomic mass is 9.95. The van der Waals surface area contributed by atoms with Gasteiger partial charge in [-0.25, -0.2) is 0 Å². The maximum Gasteiger partial charge on any atom is 0.0705 e. The molecule has 0 radical (unpaired) electrons. The second-order valence-corrected chi connectivity index (χ2v) is 4.65. The summed E-state index contributed by atoms with van der Waals surface area (Å²) in [5, 5.41) is 1.18. The Bertz CT molecular complexity index is 477. The Balaban J connectivity index is 0.00000144. The molecule has 2 nitrogen and oxygen atoms in total. The highest BCUT2D eigenvalue weighted by molar-refractivity contribution is 5.85. The number of pyridine rings is 1. The molecule has 3 heteroatoms. The monoisotopic (exact) mass is 250 g/mol. The molecule has 0 saturated carbocycles. The Morgan fingerprint density at radius 1 is 1.18 bits per heavy atom. The van der Waals surface area contributed by atoms with Crippen molar-refractivity contribution in [1.29, 1.82) is 0 Å². The van der Waals surface area contributed by atoms with Crippen molar-refractivity contribution in [3.05, 3.63) is 42.1 Å². The van der Waals surface area contributed by atoms with Gasteiger partial charge >= 0.3 is 0 Å². The first-order valence-corrected chi connectivity index (χ1v) is 5.77. The van der Waals surface area contributed by atoms with E-state index in [4.69, 9.17) is 5.73 Å². The van der Waals surface area contributed by atoms with Gasteiger partial charge in [-0.2, -0.15) is 0 Å². The summed E-state index contributed by atoms with van der Waals surface area (Å²) in [5.41, 5.74) is 8.47. The lowest BCUT2D eigenvalue weighted by Gasteiger charge is -2.16. The van der Waals surface area contributed by atoms with Gasteiger partial charge in [-0.1, -0.05) is 32.0 Å². The van der Waals surface area contributed by atoms with E-state index in [-0.39, 0.29) is 18.4 Å². The van der Waals surface area contributed by atoms with Gasteiger partial charge < -0.3 is 5.73 Å². The summed E-state index contributed by atoms with van der Waals surface area (Å²) in [7, 11) is 0. The highest BCUT2D eigenvalue weighted by Crippen LogP contribution is 2.25. The molecule has 2 rings (SSSR count). The zero-order chi connectivity index (χ0) is 11.5. The summed E-state index contributed by atoms with van der Waals surface area (Å²) in [6, 6.07) is 10.3. The minimum absolute atomic E-state index is 0. The topological polar surface area (TPSA) is 38.9 Å². The minimum Gasteiger partial charge on any atom is -0.324 e. The van der Waals surface area contributed by atoms with Crippen LogP contribution in [0.2, 0.25) is 0 Å². The fraction of sp³-hybridized carbons (Fsp3) is 0.357. The van der Waals surface area contributed by atoms with Gasteiger partial charge in [0, 0.05) is 17.6 Å². The second kappa shape index (κ2) is 5.99. The fourth-order valence-corrected chi connectivity index (χ4v) is 2.08. The van der Waals surface area contributed by atoms with Crippen LogP contribution in [0.3, 0.4) is 0 Å². The molecule has 92 valence electrons. The van der Waals surface area contributed by atoms with E-state index in [9.17, 15) is 0 Å². The third-order valence-electron chi connectivity index (χ3n) is 2.81. The number of aromatic nitrogens is 1. The van der Waals surface area contributed by atoms with Gasteiger partial charge in [-0.15, -0.1) is 12.4 Å². The first-order valence-electron chi connectivity index (χ1n) is 5.77. The fourth-order valence-electron chi connectivity index (χ4n) is 2.08. The molecule has 0 unspecified atom stereocenters. The van der Waals surface area contributed by atoms with Crippen LogP contribution in [0.1, 0.15) is 31.9 Å². The standard InChI is InChI=1S/C14H18N2.ClH/c1-10(2)9-13(15)11-7-8-16-14-6-4-3-5-12(11)14;/h3-8,10,13H,9,15H2,1-2H3;1H/t13-;/m0./s1. The third-order valence-corrected chi connectivity index (χ3v) is 2.81. The van der Waals surface area contributed by atoms with Gasteiger partial charge in [0.25, 0.3) is 0 Å². The Morgan fingerprint density at radius 3 is 2.59 bits per heavy atom. The maximum absolute atomic E-state index is 6.23. The van der Waals surface area contributed by atoms with Gasteiger partial charge in [0.2, 0.25) is 0 Å². The molecule has 2 aromatic rings. The number of rotatable bonds is 3. The first-order chi connectivity index (χ1) is 7.68. The first kappa shape index (κ1) is 13.9. The van der Waals surface area contributed by atoms with E-state index in [1.807, 2.05) is 30.5 Å². The predicted octanol–water partition coefficient (Wildman–Crippen LogP) is 3.70. The van der Waals surface area contributed by atoms with Gasteiger partial charge in [0.15, 0.2) is 0 Å². The van der Waals surface area contributed by atoms with E-state index in [1.54, 1.807) is 0 Å². The Morgan fingerprint density at radius 2 is 1.88 bits per heavy atom. The molecule has 0 aliphatic heterocycles. The van der Waals surface area contributed by atoms with E-state index in [2.05, 4.69) is 24.9 Å². The summed E-state index contributed by atoms with van der Waals surface area (Å²) < 4.78 is 0. The predicted molar refractivity (Wildman–Crippen MR) is 75.4 cm³/mol. The number of nitrogens with zero attached hydrogens (tertiary/aromatic N) is 1. The van der Waals surface area contributed by atoms with Crippen LogP contribution in [-0.4, -0.2) is 4.98 Å². The average molecular weight is 251 g/mol. The molecule has 1 aromatic carbocycles. The lowest BCUT2D eigenvalue weighted by Crippen LogP contribution is -2.13. The summed E-state index contributed by atoms with van der Waals surface area (Å²) in [6.07, 6.45) is 2.85. The third kappa shape index (κ3) is 3.18. The van der Waals surface area contributed by atoms with Crippen LogP contribution in [0, 0.1) is 5.92 Å². The van der Waals surface area contributed by atoms with Gasteiger partial charge in [-0.05, 0) is 30.0 Å². The molecular formula is C14H19ClN2. The van der Waals surface area contributed by atoms with Crippen LogP contribution in [-0.2, 0) is 0 Å². The molecule has 0 spiro atoms. The van der Waals surface area contributed by atoms with Gasteiger partial charge in [0.05, 0.1) is 5.52 Å². The number of nitrogens with two attached hydrogens (primary N) is 1. The molecule has 0 aliphatic rings. The largest absolute Gasteiger partial charge is 0.324 e. The minimum atomic E-state index is 0. The molecule has 0 amide bonds. The second-order valence-electron chi connectivity index (χ2n) is 4.65. The van der Waals surface area contributed by atoms with Crippen molar-refractivity contribution in [2.75, 3.05) is 0 Å². The van der Waals surface area contributed by atoms with Crippen LogP contribution in [0.15, 0.2) is 36.5 Å². The normalized spacial score (nSPS) is 12.5. The number of hydrogen-bond donors (Lipinski definition) is 1. The maximum atomic E-state index is 6.23. The SMILES string of the molecule is CC(C)C[C@H](N)c1ccnc2ccccc12.Cl. The highest BCUT2D eigenvalue weighted by Gasteiger charge is 2.11. The number of fused-ring (bicyclic) bond motifs is 1. The van der Waals surface area contributed by atoms with E-state index < -0.39 is 0 Å². The number of halogens is 1. The van der Waals surface area contributed by atoms with Gasteiger partial charge in [-0.3, -0.25) is 4.98 Å². The van der Waals surface area contributed by atoms with Crippen molar-refractivity contribution in [1.82, 2.24) is 4.98 Å². The summed E-state index contributed by atoms with van der Waals surface area (Å²) in [6.45, 7) is 4.40. The molecule has 0 aliphatic carbocycles. The Hall–Kier alpha value is -1.12. The van der Waals surface area contributed by atoms with Crippen molar-refractivity contribution >= 4 is 23.3 Å². The van der Waals surface area contributed by atoms with E-state index in [1.165, 1.54) is 10.9 Å². The van der Waals surface area contributed by atoms with Crippen molar-refractivity contribution in [3.63, 3.8) is 0 Å². The molecule has 2 N–H and O–H groups in total. The van der Waals surface area contributed by atoms with Crippen LogP contribution < -0.4 is 5.73 Å². The molecule has 1 atom stereocenters. The van der Waals surface area contributed by atoms with Gasteiger partial charge in [0.1, 0.15) is 0 Å². The lowest BCUT2D eigenvalue weighted by molar-refractivity contribution is 0.512. The van der Waals surface area contributed by atoms with Crippen molar-refractivity contribution in [2.45, 2.75) is 26.3 Å². The quantitative estimate of drug-likeness (QED) is 0.902. The molecule has 0 fully saturated rings. The molecule has 1 aromatic heterocycles. The summed E-state index contributed by atoms with van der Waals surface area (Å²) in [4.78, 5) is 4.35. The van der Waals surface area contributed by atoms with Crippen LogP contribution >= 0.6 is 12.4 Å². The molecule has 0 saturated heterocycles. The van der Waals surface area contributed by atoms with Crippen LogP contribution in [0.4, 0.5) is 0 Å². The molecular weight excluding hydrogens is 232 g/mol. The number of hydrogen-bond acceptors (Lipinski definition) is 2. The number of benzene rings is 1. The zero-order valence-electron chi connectivity index (χ0n) is 10.3. The van der Waals surface area contributed by atoms with Crippen molar-refractivity contribution in [2.24, 2.45) is 11.7 Å². The Labute approximate surface area is 109 Å².